The zero-order valence-electron chi connectivity index (χ0n) is 9.73. The van der Waals surface area contributed by atoms with Crippen LogP contribution in [0.4, 0.5) is 0 Å². The van der Waals surface area contributed by atoms with E-state index in [0.29, 0.717) is 13.4 Å². The molecule has 0 unspecified atom stereocenters. The molecule has 2 aromatic rings. The van der Waals surface area contributed by atoms with Crippen LogP contribution in [0.15, 0.2) is 30.3 Å². The van der Waals surface area contributed by atoms with Gasteiger partial charge in [-0.3, -0.25) is 0 Å². The fourth-order valence-corrected chi connectivity index (χ4v) is 2.05. The normalized spacial score (nSPS) is 13.2. The third-order valence-corrected chi connectivity index (χ3v) is 2.89. The Hall–Kier alpha value is -1.74. The van der Waals surface area contributed by atoms with Gasteiger partial charge in [-0.25, -0.2) is 0 Å². The lowest BCUT2D eigenvalue weighted by Gasteiger charge is -2.06. The average Bonchev–Trinajstić information content (AvgIpc) is 2.84. The van der Waals surface area contributed by atoms with Crippen molar-refractivity contribution in [3.63, 3.8) is 0 Å². The van der Waals surface area contributed by atoms with E-state index in [0.717, 1.165) is 28.9 Å². The smallest absolute Gasteiger partial charge is 0.231 e. The predicted octanol–water partition coefficient (Wildman–Crippen LogP) is 3.11. The molecule has 0 amide bonds. The van der Waals surface area contributed by atoms with Crippen molar-refractivity contribution in [1.82, 2.24) is 0 Å². The molecule has 0 bridgehead atoms. The van der Waals surface area contributed by atoms with Crippen LogP contribution >= 0.6 is 0 Å². The molecule has 3 heteroatoms. The Kier molecular flexibility index (Phi) is 2.61. The van der Waals surface area contributed by atoms with Crippen molar-refractivity contribution in [2.75, 3.05) is 13.4 Å². The van der Waals surface area contributed by atoms with E-state index < -0.39 is 0 Å². The summed E-state index contributed by atoms with van der Waals surface area (Å²) in [5.41, 5.74) is 1.18. The zero-order valence-corrected chi connectivity index (χ0v) is 9.73. The summed E-state index contributed by atoms with van der Waals surface area (Å²) < 4.78 is 16.2. The minimum absolute atomic E-state index is 0.315. The van der Waals surface area contributed by atoms with Crippen LogP contribution in [0.25, 0.3) is 10.8 Å². The molecule has 0 radical (unpaired) electrons. The first-order valence-corrected chi connectivity index (χ1v) is 5.77. The number of hydrogen-bond donors (Lipinski definition) is 0. The van der Waals surface area contributed by atoms with Crippen LogP contribution in [-0.4, -0.2) is 13.4 Å². The SMILES string of the molecule is CCOCc1ccc2c3c(ccc2c1)OCO3. The Morgan fingerprint density at radius 1 is 1.18 bits per heavy atom. The van der Waals surface area contributed by atoms with Gasteiger partial charge in [-0.15, -0.1) is 0 Å². The molecule has 0 N–H and O–H groups in total. The maximum atomic E-state index is 5.48. The van der Waals surface area contributed by atoms with E-state index in [2.05, 4.69) is 24.3 Å². The van der Waals surface area contributed by atoms with Gasteiger partial charge in [0.15, 0.2) is 11.5 Å². The molecule has 17 heavy (non-hydrogen) atoms. The van der Waals surface area contributed by atoms with Gasteiger partial charge in [0.05, 0.1) is 6.61 Å². The summed E-state index contributed by atoms with van der Waals surface area (Å²) in [6.45, 7) is 3.70. The zero-order chi connectivity index (χ0) is 11.7. The Balaban J connectivity index is 2.03. The molecule has 1 heterocycles. The average molecular weight is 230 g/mol. The molecule has 1 aliphatic rings. The summed E-state index contributed by atoms with van der Waals surface area (Å²) in [6.07, 6.45) is 0. The topological polar surface area (TPSA) is 27.7 Å². The van der Waals surface area contributed by atoms with E-state index in [-0.39, 0.29) is 0 Å². The summed E-state index contributed by atoms with van der Waals surface area (Å²) in [5.74, 6) is 1.68. The van der Waals surface area contributed by atoms with E-state index in [1.54, 1.807) is 0 Å². The fourth-order valence-electron chi connectivity index (χ4n) is 2.05. The highest BCUT2D eigenvalue weighted by Crippen LogP contribution is 2.39. The summed E-state index contributed by atoms with van der Waals surface area (Å²) in [4.78, 5) is 0. The van der Waals surface area contributed by atoms with E-state index in [1.165, 1.54) is 5.56 Å². The summed E-state index contributed by atoms with van der Waals surface area (Å²) in [6, 6.07) is 10.3. The molecule has 0 atom stereocenters. The van der Waals surface area contributed by atoms with Crippen molar-refractivity contribution in [1.29, 1.82) is 0 Å². The number of hydrogen-bond acceptors (Lipinski definition) is 3. The lowest BCUT2D eigenvalue weighted by atomic mass is 10.1. The second-order valence-corrected chi connectivity index (χ2v) is 3.99. The van der Waals surface area contributed by atoms with Crippen LogP contribution in [-0.2, 0) is 11.3 Å². The molecular formula is C14H14O3. The van der Waals surface area contributed by atoms with Gasteiger partial charge in [-0.05, 0) is 30.0 Å². The molecule has 1 aliphatic heterocycles. The Morgan fingerprint density at radius 2 is 2.12 bits per heavy atom. The van der Waals surface area contributed by atoms with Gasteiger partial charge >= 0.3 is 0 Å². The highest BCUT2D eigenvalue weighted by Gasteiger charge is 2.16. The molecule has 2 aromatic carbocycles. The standard InChI is InChI=1S/C14H14O3/c1-2-15-8-10-3-5-12-11(7-10)4-6-13-14(12)17-9-16-13/h3-7H,2,8-9H2,1H3. The number of fused-ring (bicyclic) bond motifs is 3. The second-order valence-electron chi connectivity index (χ2n) is 3.99. The maximum absolute atomic E-state index is 5.48. The van der Waals surface area contributed by atoms with Crippen LogP contribution in [0.3, 0.4) is 0 Å². The summed E-state index contributed by atoms with van der Waals surface area (Å²) in [5, 5.41) is 2.26. The Labute approximate surface area is 99.9 Å². The molecule has 3 nitrogen and oxygen atoms in total. The van der Waals surface area contributed by atoms with E-state index >= 15 is 0 Å². The minimum Gasteiger partial charge on any atom is -0.454 e. The molecule has 0 saturated heterocycles. The second kappa shape index (κ2) is 4.26. The van der Waals surface area contributed by atoms with Gasteiger partial charge in [0, 0.05) is 12.0 Å². The minimum atomic E-state index is 0.315. The lowest BCUT2D eigenvalue weighted by molar-refractivity contribution is 0.134. The Morgan fingerprint density at radius 3 is 3.00 bits per heavy atom. The molecule has 0 saturated carbocycles. The first-order chi connectivity index (χ1) is 8.38. The van der Waals surface area contributed by atoms with Crippen molar-refractivity contribution in [3.8, 4) is 11.5 Å². The van der Waals surface area contributed by atoms with Crippen LogP contribution in [0.2, 0.25) is 0 Å². The monoisotopic (exact) mass is 230 g/mol. The van der Waals surface area contributed by atoms with Crippen molar-refractivity contribution >= 4 is 10.8 Å². The van der Waals surface area contributed by atoms with Crippen molar-refractivity contribution in [3.05, 3.63) is 35.9 Å². The third-order valence-electron chi connectivity index (χ3n) is 2.89. The van der Waals surface area contributed by atoms with Crippen molar-refractivity contribution < 1.29 is 14.2 Å². The summed E-state index contributed by atoms with van der Waals surface area (Å²) >= 11 is 0. The number of benzene rings is 2. The van der Waals surface area contributed by atoms with Gasteiger partial charge in [-0.1, -0.05) is 18.2 Å². The van der Waals surface area contributed by atoms with Gasteiger partial charge in [0.2, 0.25) is 6.79 Å². The first kappa shape index (κ1) is 10.4. The van der Waals surface area contributed by atoms with Crippen molar-refractivity contribution in [2.24, 2.45) is 0 Å². The van der Waals surface area contributed by atoms with E-state index in [4.69, 9.17) is 14.2 Å². The third kappa shape index (κ3) is 1.83. The van der Waals surface area contributed by atoms with Crippen LogP contribution < -0.4 is 9.47 Å². The summed E-state index contributed by atoms with van der Waals surface area (Å²) in [7, 11) is 0. The molecular weight excluding hydrogens is 216 g/mol. The number of ether oxygens (including phenoxy) is 3. The predicted molar refractivity (Wildman–Crippen MR) is 65.4 cm³/mol. The molecule has 0 spiro atoms. The van der Waals surface area contributed by atoms with Gasteiger partial charge in [0.25, 0.3) is 0 Å². The highest BCUT2D eigenvalue weighted by molar-refractivity contribution is 5.91. The largest absolute Gasteiger partial charge is 0.454 e. The van der Waals surface area contributed by atoms with E-state index in [9.17, 15) is 0 Å². The molecule has 3 rings (SSSR count). The van der Waals surface area contributed by atoms with Crippen LogP contribution in [0, 0.1) is 0 Å². The molecule has 88 valence electrons. The molecule has 0 aromatic heterocycles. The van der Waals surface area contributed by atoms with Crippen molar-refractivity contribution in [2.45, 2.75) is 13.5 Å². The first-order valence-electron chi connectivity index (χ1n) is 5.77. The van der Waals surface area contributed by atoms with Gasteiger partial charge in [-0.2, -0.15) is 0 Å². The van der Waals surface area contributed by atoms with E-state index in [1.807, 2.05) is 13.0 Å². The quantitative estimate of drug-likeness (QED) is 0.810. The fraction of sp³-hybridized carbons (Fsp3) is 0.286. The highest BCUT2D eigenvalue weighted by atomic mass is 16.7. The van der Waals surface area contributed by atoms with Gasteiger partial charge in [0.1, 0.15) is 0 Å². The maximum Gasteiger partial charge on any atom is 0.231 e. The Bertz CT molecular complexity index is 548. The van der Waals surface area contributed by atoms with Crippen LogP contribution in [0.1, 0.15) is 12.5 Å². The number of rotatable bonds is 3. The van der Waals surface area contributed by atoms with Crippen LogP contribution in [0.5, 0.6) is 11.5 Å². The molecule has 0 aliphatic carbocycles. The molecule has 0 fully saturated rings. The lowest BCUT2D eigenvalue weighted by Crippen LogP contribution is -1.93. The van der Waals surface area contributed by atoms with Gasteiger partial charge < -0.3 is 14.2 Å².